The minimum Gasteiger partial charge on any atom is -0.338 e. The molecule has 1 saturated heterocycles. The van der Waals surface area contributed by atoms with Gasteiger partial charge >= 0.3 is 0 Å². The number of hydrogen-bond acceptors (Lipinski definition) is 4. The summed E-state index contributed by atoms with van der Waals surface area (Å²) in [7, 11) is 0. The van der Waals surface area contributed by atoms with Gasteiger partial charge in [-0.15, -0.1) is 0 Å². The van der Waals surface area contributed by atoms with Crippen LogP contribution in [0.1, 0.15) is 30.1 Å². The molecule has 2 aromatic rings. The predicted molar refractivity (Wildman–Crippen MR) is 88.0 cm³/mol. The van der Waals surface area contributed by atoms with Crippen molar-refractivity contribution in [2.75, 3.05) is 13.1 Å². The molecule has 23 heavy (non-hydrogen) atoms. The molecule has 6 heteroatoms. The van der Waals surface area contributed by atoms with E-state index in [2.05, 4.69) is 22.3 Å². The average Bonchev–Trinajstić information content (AvgIpc) is 3.08. The summed E-state index contributed by atoms with van der Waals surface area (Å²) >= 11 is 0. The van der Waals surface area contributed by atoms with Gasteiger partial charge in [-0.05, 0) is 38.0 Å². The number of carbonyl (C=O) groups is 1. The Labute approximate surface area is 136 Å². The second-order valence-electron chi connectivity index (χ2n) is 6.10. The van der Waals surface area contributed by atoms with Crippen LogP contribution in [-0.4, -0.2) is 50.7 Å². The van der Waals surface area contributed by atoms with Crippen LogP contribution in [0.5, 0.6) is 0 Å². The van der Waals surface area contributed by atoms with Gasteiger partial charge in [-0.1, -0.05) is 0 Å². The van der Waals surface area contributed by atoms with E-state index < -0.39 is 0 Å². The van der Waals surface area contributed by atoms with E-state index in [0.717, 1.165) is 32.5 Å². The second kappa shape index (κ2) is 7.37. The molecule has 3 heterocycles. The summed E-state index contributed by atoms with van der Waals surface area (Å²) in [6.07, 6.45) is 9.07. The Morgan fingerprint density at radius 1 is 1.35 bits per heavy atom. The monoisotopic (exact) mass is 313 g/mol. The van der Waals surface area contributed by atoms with Gasteiger partial charge in [-0.25, -0.2) is 0 Å². The Bertz CT molecular complexity index is 605. The van der Waals surface area contributed by atoms with Gasteiger partial charge in [0.15, 0.2) is 0 Å². The van der Waals surface area contributed by atoms with Crippen molar-refractivity contribution >= 4 is 5.91 Å². The van der Waals surface area contributed by atoms with Crippen LogP contribution in [0, 0.1) is 0 Å². The number of nitrogens with zero attached hydrogens (tertiary/aromatic N) is 4. The van der Waals surface area contributed by atoms with Crippen molar-refractivity contribution in [3.8, 4) is 0 Å². The van der Waals surface area contributed by atoms with E-state index in [9.17, 15) is 4.79 Å². The van der Waals surface area contributed by atoms with Crippen LogP contribution in [0.25, 0.3) is 0 Å². The van der Waals surface area contributed by atoms with Gasteiger partial charge in [0.2, 0.25) is 0 Å². The molecule has 1 atom stereocenters. The lowest BCUT2D eigenvalue weighted by atomic mass is 10.0. The molecule has 0 radical (unpaired) electrons. The summed E-state index contributed by atoms with van der Waals surface area (Å²) in [5.74, 6) is 0.0844. The highest BCUT2D eigenvalue weighted by molar-refractivity contribution is 5.93. The summed E-state index contributed by atoms with van der Waals surface area (Å²) in [5, 5.41) is 7.88. The van der Waals surface area contributed by atoms with Crippen LogP contribution in [0.2, 0.25) is 0 Å². The summed E-state index contributed by atoms with van der Waals surface area (Å²) in [5.41, 5.74) is 0.672. The maximum Gasteiger partial charge on any atom is 0.255 e. The van der Waals surface area contributed by atoms with E-state index in [1.54, 1.807) is 24.7 Å². The number of piperidine rings is 1. The zero-order valence-electron chi connectivity index (χ0n) is 13.4. The van der Waals surface area contributed by atoms with Crippen LogP contribution in [-0.2, 0) is 6.54 Å². The van der Waals surface area contributed by atoms with Crippen LogP contribution >= 0.6 is 0 Å². The minimum absolute atomic E-state index is 0.0844. The zero-order chi connectivity index (χ0) is 16.1. The summed E-state index contributed by atoms with van der Waals surface area (Å²) < 4.78 is 1.94. The van der Waals surface area contributed by atoms with Crippen molar-refractivity contribution in [3.63, 3.8) is 0 Å². The van der Waals surface area contributed by atoms with E-state index in [1.807, 2.05) is 27.9 Å². The first-order valence-electron chi connectivity index (χ1n) is 8.15. The fourth-order valence-electron chi connectivity index (χ4n) is 3.07. The molecule has 1 N–H and O–H groups in total. The standard InChI is InChI=1S/C17H23N5O/c1-14(13-22-9-3-8-19-22)20-16-5-10-21(11-6-16)17(23)15-4-2-7-18-12-15/h2-4,7-9,12,14,16,20H,5-6,10-11,13H2,1H3. The third kappa shape index (κ3) is 4.16. The van der Waals surface area contributed by atoms with Gasteiger partial charge in [0.1, 0.15) is 0 Å². The number of nitrogens with one attached hydrogen (secondary N) is 1. The Morgan fingerprint density at radius 3 is 2.83 bits per heavy atom. The van der Waals surface area contributed by atoms with Crippen molar-refractivity contribution in [1.82, 2.24) is 25.0 Å². The Morgan fingerprint density at radius 2 is 2.17 bits per heavy atom. The molecule has 2 aromatic heterocycles. The zero-order valence-corrected chi connectivity index (χ0v) is 13.4. The molecule has 6 nitrogen and oxygen atoms in total. The number of carbonyl (C=O) groups excluding carboxylic acids is 1. The molecule has 0 spiro atoms. The van der Waals surface area contributed by atoms with Crippen molar-refractivity contribution in [2.45, 2.75) is 38.4 Å². The van der Waals surface area contributed by atoms with Crippen LogP contribution in [0.3, 0.4) is 0 Å². The molecule has 122 valence electrons. The fraction of sp³-hybridized carbons (Fsp3) is 0.471. The number of amides is 1. The average molecular weight is 313 g/mol. The Kier molecular flexibility index (Phi) is 5.02. The maximum absolute atomic E-state index is 12.4. The van der Waals surface area contributed by atoms with E-state index >= 15 is 0 Å². The van der Waals surface area contributed by atoms with Crippen molar-refractivity contribution in [3.05, 3.63) is 48.5 Å². The lowest BCUT2D eigenvalue weighted by molar-refractivity contribution is 0.0701. The first kappa shape index (κ1) is 15.7. The smallest absolute Gasteiger partial charge is 0.255 e. The van der Waals surface area contributed by atoms with E-state index in [1.165, 1.54) is 0 Å². The molecule has 1 unspecified atom stereocenters. The largest absolute Gasteiger partial charge is 0.338 e. The molecule has 0 aromatic carbocycles. The van der Waals surface area contributed by atoms with Crippen molar-refractivity contribution in [2.24, 2.45) is 0 Å². The Balaban J connectivity index is 1.46. The molecule has 0 aliphatic carbocycles. The van der Waals surface area contributed by atoms with E-state index in [-0.39, 0.29) is 5.91 Å². The number of pyridine rings is 1. The van der Waals surface area contributed by atoms with Crippen molar-refractivity contribution in [1.29, 1.82) is 0 Å². The molecule has 0 bridgehead atoms. The van der Waals surface area contributed by atoms with E-state index in [4.69, 9.17) is 0 Å². The second-order valence-corrected chi connectivity index (χ2v) is 6.10. The maximum atomic E-state index is 12.4. The SMILES string of the molecule is CC(Cn1cccn1)NC1CCN(C(=O)c2cccnc2)CC1. The first-order chi connectivity index (χ1) is 11.2. The minimum atomic E-state index is 0.0844. The third-order valence-electron chi connectivity index (χ3n) is 4.23. The van der Waals surface area contributed by atoms with Gasteiger partial charge in [-0.2, -0.15) is 5.10 Å². The van der Waals surface area contributed by atoms with Gasteiger partial charge < -0.3 is 10.2 Å². The summed E-state index contributed by atoms with van der Waals surface area (Å²) in [6, 6.07) is 6.39. The highest BCUT2D eigenvalue weighted by atomic mass is 16.2. The highest BCUT2D eigenvalue weighted by Crippen LogP contribution is 2.14. The number of likely N-dealkylation sites (tertiary alicyclic amines) is 1. The van der Waals surface area contributed by atoms with Gasteiger partial charge in [0.25, 0.3) is 5.91 Å². The summed E-state index contributed by atoms with van der Waals surface area (Å²) in [4.78, 5) is 18.3. The van der Waals surface area contributed by atoms with Crippen LogP contribution in [0.15, 0.2) is 43.0 Å². The molecular weight excluding hydrogens is 290 g/mol. The lowest BCUT2D eigenvalue weighted by Crippen LogP contribution is -2.48. The number of aromatic nitrogens is 3. The lowest BCUT2D eigenvalue weighted by Gasteiger charge is -2.34. The first-order valence-corrected chi connectivity index (χ1v) is 8.15. The van der Waals surface area contributed by atoms with Gasteiger partial charge in [0.05, 0.1) is 12.1 Å². The third-order valence-corrected chi connectivity index (χ3v) is 4.23. The molecule has 1 amide bonds. The molecule has 0 saturated carbocycles. The van der Waals surface area contributed by atoms with E-state index in [0.29, 0.717) is 17.6 Å². The molecule has 1 aliphatic rings. The molecule has 3 rings (SSSR count). The normalized spacial score (nSPS) is 17.2. The molecular formula is C17H23N5O. The Hall–Kier alpha value is -2.21. The fourth-order valence-corrected chi connectivity index (χ4v) is 3.07. The van der Waals surface area contributed by atoms with Gasteiger partial charge in [0, 0.05) is 50.0 Å². The van der Waals surface area contributed by atoms with Crippen LogP contribution < -0.4 is 5.32 Å². The summed E-state index contributed by atoms with van der Waals surface area (Å²) in [6.45, 7) is 4.62. The van der Waals surface area contributed by atoms with Crippen molar-refractivity contribution < 1.29 is 4.79 Å². The predicted octanol–water partition coefficient (Wildman–Crippen LogP) is 1.56. The molecule has 1 aliphatic heterocycles. The van der Waals surface area contributed by atoms with Crippen LogP contribution in [0.4, 0.5) is 0 Å². The highest BCUT2D eigenvalue weighted by Gasteiger charge is 2.24. The quantitative estimate of drug-likeness (QED) is 0.910. The number of hydrogen-bond donors (Lipinski definition) is 1. The number of rotatable bonds is 5. The van der Waals surface area contributed by atoms with Gasteiger partial charge in [-0.3, -0.25) is 14.5 Å². The molecule has 1 fully saturated rings. The topological polar surface area (TPSA) is 63.1 Å².